The molecule has 1 fully saturated rings. The Labute approximate surface area is 166 Å². The summed E-state index contributed by atoms with van der Waals surface area (Å²) in [6.45, 7) is 4.42. The summed E-state index contributed by atoms with van der Waals surface area (Å²) in [5, 5.41) is 10.5. The number of aliphatic hydroxyl groups excluding tert-OH is 1. The first-order valence-corrected chi connectivity index (χ1v) is 10.8. The predicted molar refractivity (Wildman–Crippen MR) is 113 cm³/mol. The summed E-state index contributed by atoms with van der Waals surface area (Å²) in [6, 6.07) is 0. The van der Waals surface area contributed by atoms with Gasteiger partial charge in [0, 0.05) is 26.4 Å². The molecule has 2 rings (SSSR count). The van der Waals surface area contributed by atoms with Gasteiger partial charge in [0.15, 0.2) is 0 Å². The van der Waals surface area contributed by atoms with Crippen molar-refractivity contribution < 1.29 is 9.90 Å². The van der Waals surface area contributed by atoms with E-state index in [1.165, 1.54) is 24.8 Å². The molecule has 2 aliphatic rings. The van der Waals surface area contributed by atoms with Crippen molar-refractivity contribution >= 4 is 5.91 Å². The number of rotatable bonds is 10. The van der Waals surface area contributed by atoms with Crippen molar-refractivity contribution in [1.82, 2.24) is 4.90 Å². The highest BCUT2D eigenvalue weighted by molar-refractivity contribution is 5.75. The third-order valence-electron chi connectivity index (χ3n) is 6.23. The van der Waals surface area contributed by atoms with Crippen molar-refractivity contribution in [3.63, 3.8) is 0 Å². The predicted octanol–water partition coefficient (Wildman–Crippen LogP) is 5.27. The highest BCUT2D eigenvalue weighted by Gasteiger charge is 2.42. The van der Waals surface area contributed by atoms with E-state index in [2.05, 4.69) is 38.2 Å². The van der Waals surface area contributed by atoms with Crippen LogP contribution in [0.5, 0.6) is 0 Å². The molecule has 0 heterocycles. The number of hydrogen-bond acceptors (Lipinski definition) is 2. The highest BCUT2D eigenvalue weighted by Crippen LogP contribution is 2.48. The van der Waals surface area contributed by atoms with Gasteiger partial charge in [-0.15, -0.1) is 0 Å². The van der Waals surface area contributed by atoms with Crippen molar-refractivity contribution in [2.75, 3.05) is 14.1 Å². The molecule has 0 bridgehead atoms. The van der Waals surface area contributed by atoms with Gasteiger partial charge in [0.2, 0.25) is 5.91 Å². The zero-order valence-electron chi connectivity index (χ0n) is 17.8. The highest BCUT2D eigenvalue weighted by atomic mass is 16.3. The number of allylic oxidation sites excluding steroid dienone is 5. The van der Waals surface area contributed by atoms with E-state index in [4.69, 9.17) is 0 Å². The van der Waals surface area contributed by atoms with Crippen LogP contribution < -0.4 is 0 Å². The van der Waals surface area contributed by atoms with Gasteiger partial charge in [0.1, 0.15) is 0 Å². The molecular weight excluding hydrogens is 334 g/mol. The van der Waals surface area contributed by atoms with E-state index in [-0.39, 0.29) is 17.9 Å². The molecular formula is C24H39NO2. The summed E-state index contributed by atoms with van der Waals surface area (Å²) in [5.74, 6) is 1.62. The van der Waals surface area contributed by atoms with Crippen LogP contribution in [-0.2, 0) is 4.79 Å². The second kappa shape index (κ2) is 10.8. The zero-order valence-corrected chi connectivity index (χ0v) is 17.8. The average Bonchev–Trinajstić information content (AvgIpc) is 3.14. The summed E-state index contributed by atoms with van der Waals surface area (Å²) in [5.41, 5.74) is 2.97. The summed E-state index contributed by atoms with van der Waals surface area (Å²) < 4.78 is 0. The number of fused-ring (bicyclic) bond motifs is 1. The maximum atomic E-state index is 11.7. The van der Waals surface area contributed by atoms with Crippen LogP contribution >= 0.6 is 0 Å². The number of amides is 1. The standard InChI is InChI=1S/C24H39NO2/c1-5-6-10-18(2)11-9-13-21-22-16-19(15-20(22)17-23(21)26)12-7-8-14-24(27)25(3)4/h9,11,13,15,20-23,26H,5-8,10,12,14,16-17H2,1-4H3/t20-,21+,22-,23+/m0/s1. The molecule has 1 N–H and O–H groups in total. The molecule has 2 aliphatic carbocycles. The van der Waals surface area contributed by atoms with Crippen molar-refractivity contribution in [2.24, 2.45) is 17.8 Å². The van der Waals surface area contributed by atoms with Crippen LogP contribution in [0.4, 0.5) is 0 Å². The van der Waals surface area contributed by atoms with Gasteiger partial charge in [-0.05, 0) is 63.7 Å². The largest absolute Gasteiger partial charge is 0.392 e. The number of unbranched alkanes of at least 4 members (excludes halogenated alkanes) is 2. The second-order valence-corrected chi connectivity index (χ2v) is 8.73. The normalized spacial score (nSPS) is 27.9. The van der Waals surface area contributed by atoms with Gasteiger partial charge in [0.25, 0.3) is 0 Å². The van der Waals surface area contributed by atoms with E-state index in [0.717, 1.165) is 32.1 Å². The summed E-state index contributed by atoms with van der Waals surface area (Å²) >= 11 is 0. The van der Waals surface area contributed by atoms with Crippen molar-refractivity contribution in [1.29, 1.82) is 0 Å². The van der Waals surface area contributed by atoms with Crippen LogP contribution in [0.2, 0.25) is 0 Å². The molecule has 0 radical (unpaired) electrons. The van der Waals surface area contributed by atoms with Gasteiger partial charge >= 0.3 is 0 Å². The first-order valence-electron chi connectivity index (χ1n) is 10.8. The Kier molecular flexibility index (Phi) is 8.82. The molecule has 1 saturated carbocycles. The molecule has 3 heteroatoms. The topological polar surface area (TPSA) is 40.5 Å². The lowest BCUT2D eigenvalue weighted by Crippen LogP contribution is -2.21. The Hall–Kier alpha value is -1.35. The molecule has 4 atom stereocenters. The van der Waals surface area contributed by atoms with E-state index < -0.39 is 0 Å². The minimum Gasteiger partial charge on any atom is -0.392 e. The molecule has 0 aromatic rings. The van der Waals surface area contributed by atoms with Crippen LogP contribution in [0, 0.1) is 17.8 Å². The minimum atomic E-state index is -0.198. The first kappa shape index (κ1) is 21.9. The third-order valence-corrected chi connectivity index (χ3v) is 6.23. The fourth-order valence-electron chi connectivity index (χ4n) is 4.53. The maximum absolute atomic E-state index is 11.7. The molecule has 0 saturated heterocycles. The van der Waals surface area contributed by atoms with E-state index in [1.807, 2.05) is 14.1 Å². The van der Waals surface area contributed by atoms with Gasteiger partial charge in [0.05, 0.1) is 6.10 Å². The molecule has 0 aromatic carbocycles. The Morgan fingerprint density at radius 2 is 2.04 bits per heavy atom. The van der Waals surface area contributed by atoms with Gasteiger partial charge in [-0.25, -0.2) is 0 Å². The Bertz CT molecular complexity index is 573. The second-order valence-electron chi connectivity index (χ2n) is 8.73. The van der Waals surface area contributed by atoms with Crippen molar-refractivity contribution in [3.8, 4) is 0 Å². The third kappa shape index (κ3) is 6.64. The lowest BCUT2D eigenvalue weighted by Gasteiger charge is -2.18. The summed E-state index contributed by atoms with van der Waals surface area (Å²) in [7, 11) is 3.64. The lowest BCUT2D eigenvalue weighted by atomic mass is 9.88. The SMILES string of the molecule is CCCCC(C)=CC=C[C@@H]1[C@H]2CC(CCCCC(=O)N(C)C)=C[C@H]2C[C@H]1O. The van der Waals surface area contributed by atoms with E-state index in [9.17, 15) is 9.90 Å². The molecule has 0 aromatic heterocycles. The Morgan fingerprint density at radius 3 is 2.74 bits per heavy atom. The van der Waals surface area contributed by atoms with Gasteiger partial charge in [-0.1, -0.05) is 48.8 Å². The molecule has 27 heavy (non-hydrogen) atoms. The molecule has 1 amide bonds. The van der Waals surface area contributed by atoms with Gasteiger partial charge < -0.3 is 10.0 Å². The molecule has 3 nitrogen and oxygen atoms in total. The lowest BCUT2D eigenvalue weighted by molar-refractivity contribution is -0.128. The van der Waals surface area contributed by atoms with Gasteiger partial charge in [-0.3, -0.25) is 4.79 Å². The van der Waals surface area contributed by atoms with Gasteiger partial charge in [-0.2, -0.15) is 0 Å². The fourth-order valence-corrected chi connectivity index (χ4v) is 4.53. The van der Waals surface area contributed by atoms with E-state index >= 15 is 0 Å². The van der Waals surface area contributed by atoms with Crippen molar-refractivity contribution in [3.05, 3.63) is 35.5 Å². The van der Waals surface area contributed by atoms with E-state index in [1.54, 1.807) is 10.5 Å². The van der Waals surface area contributed by atoms with Crippen LogP contribution in [0.3, 0.4) is 0 Å². The summed E-state index contributed by atoms with van der Waals surface area (Å²) in [6.07, 6.45) is 18.4. The monoisotopic (exact) mass is 373 g/mol. The fraction of sp³-hybridized carbons (Fsp3) is 0.708. The molecule has 152 valence electrons. The van der Waals surface area contributed by atoms with Crippen LogP contribution in [-0.4, -0.2) is 36.1 Å². The Morgan fingerprint density at radius 1 is 1.26 bits per heavy atom. The number of aliphatic hydroxyl groups is 1. The zero-order chi connectivity index (χ0) is 19.8. The minimum absolute atomic E-state index is 0.198. The van der Waals surface area contributed by atoms with E-state index in [0.29, 0.717) is 18.3 Å². The quantitative estimate of drug-likeness (QED) is 0.322. The molecule has 0 aliphatic heterocycles. The number of carbonyl (C=O) groups is 1. The number of carbonyl (C=O) groups excluding carboxylic acids is 1. The smallest absolute Gasteiger partial charge is 0.222 e. The summed E-state index contributed by atoms with van der Waals surface area (Å²) in [4.78, 5) is 13.3. The van der Waals surface area contributed by atoms with Crippen LogP contribution in [0.25, 0.3) is 0 Å². The first-order chi connectivity index (χ1) is 12.9. The molecule has 0 spiro atoms. The molecule has 0 unspecified atom stereocenters. The van der Waals surface area contributed by atoms with Crippen molar-refractivity contribution in [2.45, 2.75) is 77.7 Å². The Balaban J connectivity index is 1.79. The van der Waals surface area contributed by atoms with Crippen LogP contribution in [0.15, 0.2) is 35.5 Å². The number of hydrogen-bond donors (Lipinski definition) is 1. The number of nitrogens with zero attached hydrogens (tertiary/aromatic N) is 1. The average molecular weight is 374 g/mol. The maximum Gasteiger partial charge on any atom is 0.222 e. The van der Waals surface area contributed by atoms with Crippen LogP contribution in [0.1, 0.15) is 71.6 Å².